The molecule has 0 amide bonds. The van der Waals surface area contributed by atoms with Crippen LogP contribution >= 0.6 is 0 Å². The summed E-state index contributed by atoms with van der Waals surface area (Å²) in [5, 5.41) is 17.6. The van der Waals surface area contributed by atoms with Crippen molar-refractivity contribution in [1.82, 2.24) is 0 Å². The normalized spacial score (nSPS) is 18.5. The molecule has 4 heteroatoms. The standard InChI is InChI=1S/C7H13NO3/c1-3-4-7(8,5(2)9)6(10)11/h3,5,9H,1,4,8H2,2H3,(H,10,11)/t5-,7+/m1/s1. The fourth-order valence-electron chi connectivity index (χ4n) is 0.675. The molecule has 2 atom stereocenters. The van der Waals surface area contributed by atoms with E-state index in [0.29, 0.717) is 0 Å². The molecule has 0 aliphatic rings. The van der Waals surface area contributed by atoms with Crippen LogP contribution in [0.15, 0.2) is 12.7 Å². The van der Waals surface area contributed by atoms with Gasteiger partial charge < -0.3 is 15.9 Å². The summed E-state index contributed by atoms with van der Waals surface area (Å²) in [6.45, 7) is 4.70. The predicted octanol–water partition coefficient (Wildman–Crippen LogP) is -0.275. The van der Waals surface area contributed by atoms with E-state index in [4.69, 9.17) is 15.9 Å². The molecule has 0 rings (SSSR count). The molecule has 0 spiro atoms. The van der Waals surface area contributed by atoms with Crippen molar-refractivity contribution in [2.45, 2.75) is 25.0 Å². The van der Waals surface area contributed by atoms with Gasteiger partial charge in [-0.15, -0.1) is 6.58 Å². The minimum absolute atomic E-state index is 0.0556. The SMILES string of the molecule is C=CC[C@@](N)(C(=O)O)[C@@H](C)O. The highest BCUT2D eigenvalue weighted by Gasteiger charge is 2.37. The lowest BCUT2D eigenvalue weighted by molar-refractivity contribution is -0.147. The maximum absolute atomic E-state index is 10.5. The third kappa shape index (κ3) is 2.03. The summed E-state index contributed by atoms with van der Waals surface area (Å²) in [5.41, 5.74) is 3.78. The van der Waals surface area contributed by atoms with E-state index in [9.17, 15) is 4.79 Å². The molecular weight excluding hydrogens is 146 g/mol. The van der Waals surface area contributed by atoms with E-state index >= 15 is 0 Å². The van der Waals surface area contributed by atoms with Crippen molar-refractivity contribution < 1.29 is 15.0 Å². The molecule has 0 heterocycles. The van der Waals surface area contributed by atoms with Gasteiger partial charge in [-0.3, -0.25) is 4.79 Å². The highest BCUT2D eigenvalue weighted by Crippen LogP contribution is 2.12. The molecule has 64 valence electrons. The Morgan fingerprint density at radius 3 is 2.45 bits per heavy atom. The number of carboxylic acid groups (broad SMARTS) is 1. The molecule has 0 aromatic heterocycles. The van der Waals surface area contributed by atoms with E-state index in [0.717, 1.165) is 0 Å². The van der Waals surface area contributed by atoms with E-state index in [2.05, 4.69) is 6.58 Å². The molecule has 0 fully saturated rings. The minimum Gasteiger partial charge on any atom is -0.480 e. The zero-order valence-corrected chi connectivity index (χ0v) is 6.45. The Bertz CT molecular complexity index is 167. The number of aliphatic carboxylic acids is 1. The number of nitrogens with two attached hydrogens (primary N) is 1. The lowest BCUT2D eigenvalue weighted by Crippen LogP contribution is -2.55. The first-order chi connectivity index (χ1) is 4.95. The molecule has 4 nitrogen and oxygen atoms in total. The van der Waals surface area contributed by atoms with E-state index < -0.39 is 17.6 Å². The van der Waals surface area contributed by atoms with Gasteiger partial charge in [-0.05, 0) is 13.3 Å². The predicted molar refractivity (Wildman–Crippen MR) is 41.0 cm³/mol. The second-order valence-electron chi connectivity index (χ2n) is 2.51. The van der Waals surface area contributed by atoms with Crippen LogP contribution in [0.2, 0.25) is 0 Å². The van der Waals surface area contributed by atoms with Crippen molar-refractivity contribution in [3.05, 3.63) is 12.7 Å². The van der Waals surface area contributed by atoms with Gasteiger partial charge >= 0.3 is 5.97 Å². The second-order valence-corrected chi connectivity index (χ2v) is 2.51. The molecule has 0 unspecified atom stereocenters. The van der Waals surface area contributed by atoms with E-state index in [-0.39, 0.29) is 6.42 Å². The maximum Gasteiger partial charge on any atom is 0.326 e. The van der Waals surface area contributed by atoms with Gasteiger partial charge in [0, 0.05) is 0 Å². The summed E-state index contributed by atoms with van der Waals surface area (Å²) < 4.78 is 0. The van der Waals surface area contributed by atoms with Crippen molar-refractivity contribution in [3.8, 4) is 0 Å². The van der Waals surface area contributed by atoms with Crippen molar-refractivity contribution in [3.63, 3.8) is 0 Å². The highest BCUT2D eigenvalue weighted by atomic mass is 16.4. The van der Waals surface area contributed by atoms with Gasteiger partial charge in [0.1, 0.15) is 5.54 Å². The summed E-state index contributed by atoms with van der Waals surface area (Å²) in [7, 11) is 0. The molecule has 11 heavy (non-hydrogen) atoms. The first-order valence-electron chi connectivity index (χ1n) is 3.26. The van der Waals surface area contributed by atoms with Crippen molar-refractivity contribution in [2.75, 3.05) is 0 Å². The molecule has 0 aromatic carbocycles. The smallest absolute Gasteiger partial charge is 0.326 e. The fraction of sp³-hybridized carbons (Fsp3) is 0.571. The summed E-state index contributed by atoms with van der Waals surface area (Å²) in [5.74, 6) is -1.22. The van der Waals surface area contributed by atoms with Crippen LogP contribution in [0.5, 0.6) is 0 Å². The van der Waals surface area contributed by atoms with E-state index in [1.165, 1.54) is 13.0 Å². The van der Waals surface area contributed by atoms with Crippen molar-refractivity contribution >= 4 is 5.97 Å². The van der Waals surface area contributed by atoms with Crippen molar-refractivity contribution in [1.29, 1.82) is 0 Å². The molecule has 4 N–H and O–H groups in total. The Labute approximate surface area is 65.3 Å². The number of aliphatic hydroxyl groups is 1. The van der Waals surface area contributed by atoms with Crippen LogP contribution in [0, 0.1) is 0 Å². The van der Waals surface area contributed by atoms with Crippen LogP contribution in [0.3, 0.4) is 0 Å². The Balaban J connectivity index is 4.51. The number of carbonyl (C=O) groups is 1. The molecular formula is C7H13NO3. The molecule has 0 bridgehead atoms. The van der Waals surface area contributed by atoms with E-state index in [1.807, 2.05) is 0 Å². The van der Waals surface area contributed by atoms with Gasteiger partial charge in [0.25, 0.3) is 0 Å². The highest BCUT2D eigenvalue weighted by molar-refractivity contribution is 5.79. The van der Waals surface area contributed by atoms with Gasteiger partial charge in [-0.1, -0.05) is 6.08 Å². The Morgan fingerprint density at radius 1 is 1.91 bits per heavy atom. The van der Waals surface area contributed by atoms with Crippen molar-refractivity contribution in [2.24, 2.45) is 5.73 Å². The molecule has 0 aromatic rings. The summed E-state index contributed by atoms with van der Waals surface area (Å²) in [4.78, 5) is 10.5. The van der Waals surface area contributed by atoms with Gasteiger partial charge in [0.05, 0.1) is 6.10 Å². The fourth-order valence-corrected chi connectivity index (χ4v) is 0.675. The van der Waals surface area contributed by atoms with Crippen LogP contribution in [0.1, 0.15) is 13.3 Å². The maximum atomic E-state index is 10.5. The van der Waals surface area contributed by atoms with Gasteiger partial charge in [-0.25, -0.2) is 0 Å². The van der Waals surface area contributed by atoms with Crippen LogP contribution in [-0.4, -0.2) is 27.8 Å². The third-order valence-corrected chi connectivity index (χ3v) is 1.63. The summed E-state index contributed by atoms with van der Waals surface area (Å²) in [6, 6.07) is 0. The third-order valence-electron chi connectivity index (χ3n) is 1.63. The Hall–Kier alpha value is -0.870. The van der Waals surface area contributed by atoms with Gasteiger partial charge in [0.2, 0.25) is 0 Å². The zero-order chi connectivity index (χ0) is 9.07. The number of rotatable bonds is 4. The molecule has 0 radical (unpaired) electrons. The monoisotopic (exact) mass is 159 g/mol. The van der Waals surface area contributed by atoms with Gasteiger partial charge in [0.15, 0.2) is 0 Å². The van der Waals surface area contributed by atoms with Crippen LogP contribution in [0.25, 0.3) is 0 Å². The van der Waals surface area contributed by atoms with Crippen LogP contribution in [0.4, 0.5) is 0 Å². The lowest BCUT2D eigenvalue weighted by atomic mass is 9.91. The number of aliphatic hydroxyl groups excluding tert-OH is 1. The summed E-state index contributed by atoms with van der Waals surface area (Å²) in [6.07, 6.45) is 0.346. The first kappa shape index (κ1) is 10.1. The lowest BCUT2D eigenvalue weighted by Gasteiger charge is -2.25. The molecule has 0 saturated carbocycles. The average molecular weight is 159 g/mol. The zero-order valence-electron chi connectivity index (χ0n) is 6.45. The average Bonchev–Trinajstić information content (AvgIpc) is 1.87. The molecule has 0 saturated heterocycles. The molecule has 0 aliphatic heterocycles. The Kier molecular flexibility index (Phi) is 3.22. The quantitative estimate of drug-likeness (QED) is 0.493. The van der Waals surface area contributed by atoms with Crippen LogP contribution < -0.4 is 5.73 Å². The number of hydrogen-bond acceptors (Lipinski definition) is 3. The Morgan fingerprint density at radius 2 is 2.36 bits per heavy atom. The summed E-state index contributed by atoms with van der Waals surface area (Å²) >= 11 is 0. The van der Waals surface area contributed by atoms with E-state index in [1.54, 1.807) is 0 Å². The number of hydrogen-bond donors (Lipinski definition) is 3. The minimum atomic E-state index is -1.60. The molecule has 0 aliphatic carbocycles. The first-order valence-corrected chi connectivity index (χ1v) is 3.26. The van der Waals surface area contributed by atoms with Crippen LogP contribution in [-0.2, 0) is 4.79 Å². The van der Waals surface area contributed by atoms with Gasteiger partial charge in [-0.2, -0.15) is 0 Å². The topological polar surface area (TPSA) is 83.6 Å². The second kappa shape index (κ2) is 3.50. The largest absolute Gasteiger partial charge is 0.480 e. The number of carboxylic acids is 1.